The molecule has 0 radical (unpaired) electrons. The number of hydrogen-bond donors (Lipinski definition) is 3. The molecular weight excluding hydrogens is 476 g/mol. The summed E-state index contributed by atoms with van der Waals surface area (Å²) in [7, 11) is -3.83. The largest absolute Gasteiger partial charge is 0.397 e. The number of rotatable bonds is 7. The number of amides is 2. The smallest absolute Gasteiger partial charge is 0.267 e. The zero-order chi connectivity index (χ0) is 25.7. The zero-order valence-electron chi connectivity index (χ0n) is 19.4. The standard InChI is InChI=1S/C27H24N4O4S/c1-19(32)29-23-6-4-5-22(17-23)21-10-12-24(13-11-21)36(34,35)31-16-15-20(18-31)9-14-27(33)30-26-8-3-2-7-25(26)28/h2-18H,28H2,1H3,(H,29,32)(H,30,33)/b14-9+. The Morgan fingerprint density at radius 1 is 0.889 bits per heavy atom. The van der Waals surface area contributed by atoms with Crippen LogP contribution < -0.4 is 16.4 Å². The summed E-state index contributed by atoms with van der Waals surface area (Å²) in [5.74, 6) is -0.558. The highest BCUT2D eigenvalue weighted by Crippen LogP contribution is 2.25. The van der Waals surface area contributed by atoms with Gasteiger partial charge < -0.3 is 16.4 Å². The maximum absolute atomic E-state index is 13.1. The molecule has 0 saturated heterocycles. The van der Waals surface area contributed by atoms with Crippen molar-refractivity contribution >= 4 is 45.0 Å². The fraction of sp³-hybridized carbons (Fsp3) is 0.0370. The van der Waals surface area contributed by atoms with E-state index in [1.165, 1.54) is 43.6 Å². The Hall–Kier alpha value is -4.63. The highest BCUT2D eigenvalue weighted by molar-refractivity contribution is 7.90. The van der Waals surface area contributed by atoms with E-state index in [-0.39, 0.29) is 16.7 Å². The van der Waals surface area contributed by atoms with Gasteiger partial charge in [-0.05, 0) is 65.2 Å². The molecule has 182 valence electrons. The number of anilines is 3. The lowest BCUT2D eigenvalue weighted by Gasteiger charge is -2.09. The molecular formula is C27H24N4O4S. The first-order valence-electron chi connectivity index (χ1n) is 11.0. The molecule has 0 atom stereocenters. The molecule has 0 saturated carbocycles. The summed E-state index contributed by atoms with van der Waals surface area (Å²) >= 11 is 0. The van der Waals surface area contributed by atoms with Crippen LogP contribution in [0.4, 0.5) is 17.1 Å². The summed E-state index contributed by atoms with van der Waals surface area (Å²) in [6.07, 6.45) is 5.68. The van der Waals surface area contributed by atoms with Gasteiger partial charge in [-0.15, -0.1) is 0 Å². The lowest BCUT2D eigenvalue weighted by molar-refractivity contribution is -0.114. The average Bonchev–Trinajstić information content (AvgIpc) is 3.34. The first-order valence-corrected chi connectivity index (χ1v) is 12.4. The molecule has 4 aromatic rings. The van der Waals surface area contributed by atoms with Gasteiger partial charge in [0.15, 0.2) is 0 Å². The van der Waals surface area contributed by atoms with Crippen molar-refractivity contribution in [3.8, 4) is 11.1 Å². The third-order valence-corrected chi connectivity index (χ3v) is 6.93. The van der Waals surface area contributed by atoms with Crippen LogP contribution in [0, 0.1) is 0 Å². The Kier molecular flexibility index (Phi) is 7.03. The second-order valence-electron chi connectivity index (χ2n) is 7.98. The Bertz CT molecular complexity index is 1550. The fourth-order valence-electron chi connectivity index (χ4n) is 3.52. The maximum atomic E-state index is 13.1. The number of carbonyl (C=O) groups excluding carboxylic acids is 2. The molecule has 1 heterocycles. The molecule has 8 nitrogen and oxygen atoms in total. The number of nitrogen functional groups attached to an aromatic ring is 1. The van der Waals surface area contributed by atoms with Crippen molar-refractivity contribution in [2.75, 3.05) is 16.4 Å². The first kappa shape index (κ1) is 24.5. The molecule has 0 bridgehead atoms. The van der Waals surface area contributed by atoms with E-state index in [0.717, 1.165) is 15.1 Å². The molecule has 3 aromatic carbocycles. The van der Waals surface area contributed by atoms with Crippen LogP contribution in [0.1, 0.15) is 12.5 Å². The van der Waals surface area contributed by atoms with Gasteiger partial charge in [0, 0.05) is 31.1 Å². The van der Waals surface area contributed by atoms with Gasteiger partial charge in [0.1, 0.15) is 0 Å². The van der Waals surface area contributed by atoms with E-state index >= 15 is 0 Å². The average molecular weight is 501 g/mol. The normalized spacial score (nSPS) is 11.4. The predicted octanol–water partition coefficient (Wildman–Crippen LogP) is 4.58. The number of para-hydroxylation sites is 2. The van der Waals surface area contributed by atoms with E-state index in [0.29, 0.717) is 22.6 Å². The van der Waals surface area contributed by atoms with Gasteiger partial charge in [0.25, 0.3) is 10.0 Å². The maximum Gasteiger partial charge on any atom is 0.267 e. The van der Waals surface area contributed by atoms with Crippen molar-refractivity contribution in [3.63, 3.8) is 0 Å². The second-order valence-corrected chi connectivity index (χ2v) is 9.82. The molecule has 4 N–H and O–H groups in total. The highest BCUT2D eigenvalue weighted by atomic mass is 32.2. The predicted molar refractivity (Wildman–Crippen MR) is 142 cm³/mol. The minimum absolute atomic E-state index is 0.118. The van der Waals surface area contributed by atoms with Crippen LogP contribution in [0.25, 0.3) is 17.2 Å². The van der Waals surface area contributed by atoms with Crippen LogP contribution >= 0.6 is 0 Å². The zero-order valence-corrected chi connectivity index (χ0v) is 20.2. The van der Waals surface area contributed by atoms with Crippen molar-refractivity contribution in [1.82, 2.24) is 3.97 Å². The van der Waals surface area contributed by atoms with Crippen LogP contribution in [0.5, 0.6) is 0 Å². The SMILES string of the molecule is CC(=O)Nc1cccc(-c2ccc(S(=O)(=O)n3ccc(/C=C/C(=O)Nc4ccccc4N)c3)cc2)c1. The van der Waals surface area contributed by atoms with E-state index in [2.05, 4.69) is 10.6 Å². The van der Waals surface area contributed by atoms with Gasteiger partial charge >= 0.3 is 0 Å². The quantitative estimate of drug-likeness (QED) is 0.253. The minimum Gasteiger partial charge on any atom is -0.397 e. The van der Waals surface area contributed by atoms with Crippen molar-refractivity contribution in [1.29, 1.82) is 0 Å². The lowest BCUT2D eigenvalue weighted by Crippen LogP contribution is -2.10. The molecule has 4 rings (SSSR count). The van der Waals surface area contributed by atoms with Gasteiger partial charge in [0.2, 0.25) is 11.8 Å². The summed E-state index contributed by atoms with van der Waals surface area (Å²) in [6.45, 7) is 1.44. The summed E-state index contributed by atoms with van der Waals surface area (Å²) in [5, 5.41) is 5.41. The number of benzene rings is 3. The molecule has 2 amide bonds. The van der Waals surface area contributed by atoms with Crippen LogP contribution in [-0.2, 0) is 19.6 Å². The number of aromatic nitrogens is 1. The number of nitrogens with zero attached hydrogens (tertiary/aromatic N) is 1. The Balaban J connectivity index is 1.47. The van der Waals surface area contributed by atoms with Crippen molar-refractivity contribution in [3.05, 3.63) is 103 Å². The van der Waals surface area contributed by atoms with Gasteiger partial charge in [-0.2, -0.15) is 0 Å². The minimum atomic E-state index is -3.83. The van der Waals surface area contributed by atoms with Crippen molar-refractivity contribution in [2.45, 2.75) is 11.8 Å². The molecule has 36 heavy (non-hydrogen) atoms. The van der Waals surface area contributed by atoms with E-state index < -0.39 is 10.0 Å². The molecule has 0 aliphatic heterocycles. The topological polar surface area (TPSA) is 123 Å². The van der Waals surface area contributed by atoms with Gasteiger partial charge in [-0.3, -0.25) is 9.59 Å². The van der Waals surface area contributed by atoms with Crippen LogP contribution in [-0.4, -0.2) is 24.2 Å². The number of nitrogens with two attached hydrogens (primary N) is 1. The van der Waals surface area contributed by atoms with Gasteiger partial charge in [0.05, 0.1) is 16.3 Å². The van der Waals surface area contributed by atoms with E-state index in [1.807, 2.05) is 18.2 Å². The first-order chi connectivity index (χ1) is 17.2. The number of carbonyl (C=O) groups is 2. The van der Waals surface area contributed by atoms with Crippen molar-refractivity contribution < 1.29 is 18.0 Å². The van der Waals surface area contributed by atoms with E-state index in [9.17, 15) is 18.0 Å². The van der Waals surface area contributed by atoms with Crippen LogP contribution in [0.15, 0.2) is 102 Å². The summed E-state index contributed by atoms with van der Waals surface area (Å²) < 4.78 is 27.3. The molecule has 9 heteroatoms. The molecule has 0 unspecified atom stereocenters. The third kappa shape index (κ3) is 5.70. The lowest BCUT2D eigenvalue weighted by atomic mass is 10.1. The molecule has 1 aromatic heterocycles. The molecule has 0 spiro atoms. The van der Waals surface area contributed by atoms with Crippen molar-refractivity contribution in [2.24, 2.45) is 0 Å². The van der Waals surface area contributed by atoms with Gasteiger partial charge in [-0.1, -0.05) is 36.4 Å². The monoisotopic (exact) mass is 500 g/mol. The second kappa shape index (κ2) is 10.3. The summed E-state index contributed by atoms with van der Waals surface area (Å²) in [6, 6.07) is 22.3. The Morgan fingerprint density at radius 2 is 1.64 bits per heavy atom. The highest BCUT2D eigenvalue weighted by Gasteiger charge is 2.16. The summed E-state index contributed by atoms with van der Waals surface area (Å²) in [5.41, 5.74) is 9.62. The van der Waals surface area contributed by atoms with Gasteiger partial charge in [-0.25, -0.2) is 12.4 Å². The Labute approximate surface area is 209 Å². The molecule has 0 aliphatic rings. The fourth-order valence-corrected chi connectivity index (χ4v) is 4.72. The van der Waals surface area contributed by atoms with E-state index in [4.69, 9.17) is 5.73 Å². The third-order valence-electron chi connectivity index (χ3n) is 5.28. The summed E-state index contributed by atoms with van der Waals surface area (Å²) in [4.78, 5) is 23.6. The number of hydrogen-bond acceptors (Lipinski definition) is 5. The molecule has 0 fully saturated rings. The Morgan fingerprint density at radius 3 is 2.36 bits per heavy atom. The van der Waals surface area contributed by atoms with Crippen LogP contribution in [0.3, 0.4) is 0 Å². The molecule has 0 aliphatic carbocycles. The van der Waals surface area contributed by atoms with E-state index in [1.54, 1.807) is 48.5 Å². The number of nitrogens with one attached hydrogen (secondary N) is 2. The van der Waals surface area contributed by atoms with Crippen LogP contribution in [0.2, 0.25) is 0 Å².